The highest BCUT2D eigenvalue weighted by Crippen LogP contribution is 2.33. The first-order chi connectivity index (χ1) is 12.9. The molecule has 0 bridgehead atoms. The highest BCUT2D eigenvalue weighted by Gasteiger charge is 2.30. The molecule has 2 heterocycles. The van der Waals surface area contributed by atoms with Gasteiger partial charge in [-0.25, -0.2) is 4.98 Å². The number of rotatable bonds is 4. The van der Waals surface area contributed by atoms with Crippen molar-refractivity contribution in [3.8, 4) is 11.4 Å². The third kappa shape index (κ3) is 3.49. The molecule has 0 fully saturated rings. The van der Waals surface area contributed by atoms with Gasteiger partial charge in [0.15, 0.2) is 6.23 Å². The van der Waals surface area contributed by atoms with Gasteiger partial charge in [0.2, 0.25) is 5.13 Å². The molecule has 138 valence electrons. The predicted molar refractivity (Wildman–Crippen MR) is 95.0 cm³/mol. The van der Waals surface area contributed by atoms with E-state index < -0.39 is 18.0 Å². The zero-order chi connectivity index (χ0) is 19.0. The van der Waals surface area contributed by atoms with Crippen molar-refractivity contribution < 1.29 is 18.3 Å². The van der Waals surface area contributed by atoms with Gasteiger partial charge in [-0.05, 0) is 18.2 Å². The van der Waals surface area contributed by atoms with Crippen LogP contribution < -0.4 is 5.32 Å². The molecule has 1 unspecified atom stereocenters. The minimum Gasteiger partial charge on any atom is -0.369 e. The van der Waals surface area contributed by atoms with E-state index in [4.69, 9.17) is 0 Å². The molecule has 0 saturated carbocycles. The highest BCUT2D eigenvalue weighted by molar-refractivity contribution is 7.13. The lowest BCUT2D eigenvalue weighted by molar-refractivity contribution is -0.137. The maximum atomic E-state index is 13.0. The Morgan fingerprint density at radius 2 is 1.96 bits per heavy atom. The predicted octanol–water partition coefficient (Wildman–Crippen LogP) is 4.20. The molecule has 2 aromatic heterocycles. The van der Waals surface area contributed by atoms with Gasteiger partial charge in [0.25, 0.3) is 0 Å². The number of aliphatic hydroxyl groups excluding tert-OH is 1. The third-order valence-corrected chi connectivity index (χ3v) is 4.54. The molecule has 4 aromatic rings. The fourth-order valence-corrected chi connectivity index (χ4v) is 3.15. The molecule has 10 heteroatoms. The SMILES string of the molecule is OC(Nc1nncs1)c1cccc2[nH]c(-c3cccc(C(F)(F)F)c3)nc12. The Morgan fingerprint density at radius 3 is 2.70 bits per heavy atom. The summed E-state index contributed by atoms with van der Waals surface area (Å²) in [7, 11) is 0. The Morgan fingerprint density at radius 1 is 1.15 bits per heavy atom. The zero-order valence-electron chi connectivity index (χ0n) is 13.5. The summed E-state index contributed by atoms with van der Waals surface area (Å²) in [6.45, 7) is 0. The number of nitrogens with zero attached hydrogens (tertiary/aromatic N) is 3. The van der Waals surface area contributed by atoms with Crippen LogP contribution >= 0.6 is 11.3 Å². The van der Waals surface area contributed by atoms with Gasteiger partial charge in [0.05, 0.1) is 16.6 Å². The number of hydrogen-bond acceptors (Lipinski definition) is 6. The van der Waals surface area contributed by atoms with Crippen LogP contribution in [0.3, 0.4) is 0 Å². The van der Waals surface area contributed by atoms with Gasteiger partial charge in [-0.2, -0.15) is 13.2 Å². The van der Waals surface area contributed by atoms with E-state index >= 15 is 0 Å². The van der Waals surface area contributed by atoms with E-state index in [2.05, 4.69) is 25.5 Å². The van der Waals surface area contributed by atoms with E-state index in [1.165, 1.54) is 22.9 Å². The number of aromatic amines is 1. The van der Waals surface area contributed by atoms with Crippen molar-refractivity contribution in [2.45, 2.75) is 12.4 Å². The molecule has 0 aliphatic carbocycles. The number of hydrogen-bond donors (Lipinski definition) is 3. The quantitative estimate of drug-likeness (QED) is 0.454. The van der Waals surface area contributed by atoms with Crippen molar-refractivity contribution in [1.29, 1.82) is 0 Å². The van der Waals surface area contributed by atoms with E-state index in [0.717, 1.165) is 12.1 Å². The van der Waals surface area contributed by atoms with E-state index in [-0.39, 0.29) is 5.82 Å². The van der Waals surface area contributed by atoms with Crippen LogP contribution in [0.15, 0.2) is 48.0 Å². The lowest BCUT2D eigenvalue weighted by Gasteiger charge is -2.12. The number of imidazole rings is 1. The summed E-state index contributed by atoms with van der Waals surface area (Å²) in [6.07, 6.45) is -5.53. The molecule has 0 amide bonds. The second-order valence-electron chi connectivity index (χ2n) is 5.70. The Labute approximate surface area is 154 Å². The van der Waals surface area contributed by atoms with Crippen molar-refractivity contribution in [2.75, 3.05) is 5.32 Å². The molecule has 0 aliphatic heterocycles. The van der Waals surface area contributed by atoms with Crippen LogP contribution in [0.2, 0.25) is 0 Å². The second kappa shape index (κ2) is 6.63. The van der Waals surface area contributed by atoms with Gasteiger partial charge in [-0.3, -0.25) is 0 Å². The second-order valence-corrected chi connectivity index (χ2v) is 6.53. The zero-order valence-corrected chi connectivity index (χ0v) is 14.3. The topological polar surface area (TPSA) is 86.7 Å². The Hall–Kier alpha value is -2.98. The number of H-pyrrole nitrogens is 1. The van der Waals surface area contributed by atoms with Crippen molar-refractivity contribution in [2.24, 2.45) is 0 Å². The number of aromatic nitrogens is 4. The van der Waals surface area contributed by atoms with Crippen LogP contribution in [0.4, 0.5) is 18.3 Å². The fourth-order valence-electron chi connectivity index (χ4n) is 2.69. The Kier molecular flexibility index (Phi) is 4.28. The van der Waals surface area contributed by atoms with Gasteiger partial charge in [0.1, 0.15) is 11.3 Å². The standard InChI is InChI=1S/C17H12F3N5OS/c18-17(19,20)10-4-1-3-9(7-10)14-22-12-6-2-5-11(13(12)23-14)15(26)24-16-25-21-8-27-16/h1-8,15,26H,(H,22,23)(H,24,25). The molecule has 6 nitrogen and oxygen atoms in total. The van der Waals surface area contributed by atoms with Gasteiger partial charge in [-0.1, -0.05) is 35.6 Å². The number of alkyl halides is 3. The normalized spacial score (nSPS) is 13.0. The van der Waals surface area contributed by atoms with Crippen LogP contribution in [0, 0.1) is 0 Å². The van der Waals surface area contributed by atoms with E-state index in [0.29, 0.717) is 27.3 Å². The summed E-state index contributed by atoms with van der Waals surface area (Å²) in [5.74, 6) is 0.284. The molecule has 3 N–H and O–H groups in total. The molecule has 0 spiro atoms. The number of nitrogens with one attached hydrogen (secondary N) is 2. The molecule has 27 heavy (non-hydrogen) atoms. The van der Waals surface area contributed by atoms with Gasteiger partial charge in [-0.15, -0.1) is 10.2 Å². The maximum Gasteiger partial charge on any atom is 0.416 e. The molecule has 2 aromatic carbocycles. The summed E-state index contributed by atoms with van der Waals surface area (Å²) >= 11 is 1.23. The van der Waals surface area contributed by atoms with Gasteiger partial charge < -0.3 is 15.4 Å². The maximum absolute atomic E-state index is 13.0. The van der Waals surface area contributed by atoms with Crippen molar-refractivity contribution >= 4 is 27.5 Å². The molecule has 1 atom stereocenters. The Balaban J connectivity index is 1.73. The van der Waals surface area contributed by atoms with Crippen molar-refractivity contribution in [3.05, 3.63) is 59.1 Å². The van der Waals surface area contributed by atoms with Crippen molar-refractivity contribution in [1.82, 2.24) is 20.2 Å². The first-order valence-electron chi connectivity index (χ1n) is 7.79. The number of para-hydroxylation sites is 1. The molecule has 4 rings (SSSR count). The van der Waals surface area contributed by atoms with Crippen LogP contribution in [0.1, 0.15) is 17.4 Å². The van der Waals surface area contributed by atoms with E-state index in [9.17, 15) is 18.3 Å². The van der Waals surface area contributed by atoms with Crippen LogP contribution in [-0.4, -0.2) is 25.3 Å². The smallest absolute Gasteiger partial charge is 0.369 e. The summed E-state index contributed by atoms with van der Waals surface area (Å²) in [4.78, 5) is 7.40. The number of benzene rings is 2. The summed E-state index contributed by atoms with van der Waals surface area (Å²) in [5, 5.41) is 21.2. The molecule has 0 saturated heterocycles. The highest BCUT2D eigenvalue weighted by atomic mass is 32.1. The van der Waals surface area contributed by atoms with Crippen LogP contribution in [0.25, 0.3) is 22.4 Å². The van der Waals surface area contributed by atoms with Crippen LogP contribution in [-0.2, 0) is 6.18 Å². The Bertz CT molecular complexity index is 1080. The summed E-state index contributed by atoms with van der Waals surface area (Å²) in [6, 6.07) is 10.1. The average Bonchev–Trinajstić information content (AvgIpc) is 3.30. The number of anilines is 1. The monoisotopic (exact) mass is 391 g/mol. The minimum absolute atomic E-state index is 0.284. The summed E-state index contributed by atoms with van der Waals surface area (Å²) in [5.41, 5.74) is 2.59. The lowest BCUT2D eigenvalue weighted by Crippen LogP contribution is -2.10. The van der Waals surface area contributed by atoms with Gasteiger partial charge >= 0.3 is 6.18 Å². The van der Waals surface area contributed by atoms with E-state index in [1.54, 1.807) is 24.3 Å². The molecule has 0 radical (unpaired) electrons. The van der Waals surface area contributed by atoms with E-state index in [1.807, 2.05) is 0 Å². The van der Waals surface area contributed by atoms with Gasteiger partial charge in [0, 0.05) is 11.1 Å². The number of aliphatic hydroxyl groups is 1. The first-order valence-corrected chi connectivity index (χ1v) is 8.67. The molecular formula is C17H12F3N5OS. The molecular weight excluding hydrogens is 379 g/mol. The third-order valence-electron chi connectivity index (χ3n) is 3.92. The molecule has 0 aliphatic rings. The number of fused-ring (bicyclic) bond motifs is 1. The minimum atomic E-state index is -4.44. The van der Waals surface area contributed by atoms with Crippen molar-refractivity contribution in [3.63, 3.8) is 0 Å². The first kappa shape index (κ1) is 17.4. The largest absolute Gasteiger partial charge is 0.416 e. The lowest BCUT2D eigenvalue weighted by atomic mass is 10.1. The fraction of sp³-hybridized carbons (Fsp3) is 0.118. The van der Waals surface area contributed by atoms with Crippen LogP contribution in [0.5, 0.6) is 0 Å². The summed E-state index contributed by atoms with van der Waals surface area (Å²) < 4.78 is 38.9. The average molecular weight is 391 g/mol. The number of halogens is 3.